The number of nitro groups is 1. The summed E-state index contributed by atoms with van der Waals surface area (Å²) in [5.74, 6) is 0.462. The lowest BCUT2D eigenvalue weighted by Crippen LogP contribution is -1.96. The van der Waals surface area contributed by atoms with Crippen LogP contribution < -0.4 is 4.74 Å². The van der Waals surface area contributed by atoms with Crippen LogP contribution in [0.25, 0.3) is 0 Å². The Morgan fingerprint density at radius 2 is 2.12 bits per heavy atom. The molecule has 0 aliphatic heterocycles. The highest BCUT2D eigenvalue weighted by atomic mass is 127. The lowest BCUT2D eigenvalue weighted by molar-refractivity contribution is -0.385. The van der Waals surface area contributed by atoms with Gasteiger partial charge in [0.25, 0.3) is 0 Å². The topological polar surface area (TPSA) is 78.2 Å². The van der Waals surface area contributed by atoms with Crippen LogP contribution >= 0.6 is 22.6 Å². The number of ether oxygens (including phenoxy) is 1. The third kappa shape index (κ3) is 2.67. The number of nitro benzene ring substituents is 1. The minimum absolute atomic E-state index is 0.0955. The molecule has 0 spiro atoms. The van der Waals surface area contributed by atoms with Crippen LogP contribution in [0.4, 0.5) is 5.69 Å². The second-order valence-corrected chi connectivity index (χ2v) is 4.16. The van der Waals surface area contributed by atoms with Gasteiger partial charge in [-0.1, -0.05) is 12.1 Å². The second kappa shape index (κ2) is 5.04. The molecular weight excluding hydrogens is 337 g/mol. The fraction of sp³-hybridized carbons (Fsp3) is 0. The predicted molar refractivity (Wildman–Crippen MR) is 67.9 cm³/mol. The van der Waals surface area contributed by atoms with Crippen LogP contribution in [0.3, 0.4) is 0 Å². The molecule has 1 heterocycles. The zero-order valence-electron chi connectivity index (χ0n) is 8.41. The second-order valence-electron chi connectivity index (χ2n) is 3.00. The van der Waals surface area contributed by atoms with Crippen molar-refractivity contribution in [2.24, 2.45) is 0 Å². The number of aromatic nitrogens is 2. The lowest BCUT2D eigenvalue weighted by Gasteiger charge is -2.05. The molecule has 0 saturated carbocycles. The zero-order valence-corrected chi connectivity index (χ0v) is 10.6. The van der Waals surface area contributed by atoms with E-state index in [1.807, 2.05) is 22.6 Å². The third-order valence-corrected chi connectivity index (χ3v) is 2.64. The minimum Gasteiger partial charge on any atom is -0.431 e. The standard InChI is InChI=1S/C10H6IN3O3/c11-7-5-12-6-13-10(7)17-9-4-2-1-3-8(9)14(15)16/h1-6H. The van der Waals surface area contributed by atoms with Crippen molar-refractivity contribution in [3.63, 3.8) is 0 Å². The van der Waals surface area contributed by atoms with Gasteiger partial charge in [0.1, 0.15) is 6.33 Å². The maximum atomic E-state index is 10.8. The predicted octanol–water partition coefficient (Wildman–Crippen LogP) is 2.78. The maximum Gasteiger partial charge on any atom is 0.311 e. The van der Waals surface area contributed by atoms with E-state index < -0.39 is 4.92 Å². The molecule has 0 radical (unpaired) electrons. The van der Waals surface area contributed by atoms with Crippen LogP contribution in [-0.4, -0.2) is 14.9 Å². The molecule has 0 bridgehead atoms. The molecule has 2 rings (SSSR count). The lowest BCUT2D eigenvalue weighted by atomic mass is 10.3. The first-order valence-electron chi connectivity index (χ1n) is 4.55. The highest BCUT2D eigenvalue weighted by Gasteiger charge is 2.15. The van der Waals surface area contributed by atoms with E-state index in [1.54, 1.807) is 18.3 Å². The van der Waals surface area contributed by atoms with E-state index in [0.29, 0.717) is 9.45 Å². The van der Waals surface area contributed by atoms with Crippen molar-refractivity contribution in [2.45, 2.75) is 0 Å². The minimum atomic E-state index is -0.497. The van der Waals surface area contributed by atoms with Gasteiger partial charge in [-0.3, -0.25) is 10.1 Å². The fourth-order valence-electron chi connectivity index (χ4n) is 1.17. The molecule has 6 nitrogen and oxygen atoms in total. The van der Waals surface area contributed by atoms with Crippen LogP contribution in [0.5, 0.6) is 11.6 Å². The van der Waals surface area contributed by atoms with Gasteiger partial charge in [-0.25, -0.2) is 9.97 Å². The summed E-state index contributed by atoms with van der Waals surface area (Å²) in [4.78, 5) is 18.0. The van der Waals surface area contributed by atoms with Gasteiger partial charge in [0, 0.05) is 12.3 Å². The fourth-order valence-corrected chi connectivity index (χ4v) is 1.59. The van der Waals surface area contributed by atoms with Gasteiger partial charge in [-0.05, 0) is 28.7 Å². The van der Waals surface area contributed by atoms with E-state index >= 15 is 0 Å². The van der Waals surface area contributed by atoms with Gasteiger partial charge < -0.3 is 4.74 Å². The Hall–Kier alpha value is -1.77. The van der Waals surface area contributed by atoms with Gasteiger partial charge >= 0.3 is 5.69 Å². The van der Waals surface area contributed by atoms with Crippen LogP contribution in [-0.2, 0) is 0 Å². The van der Waals surface area contributed by atoms with Gasteiger partial charge in [0.05, 0.1) is 8.49 Å². The van der Waals surface area contributed by atoms with Crippen LogP contribution in [0.15, 0.2) is 36.8 Å². The Bertz CT molecular complexity index is 562. The monoisotopic (exact) mass is 343 g/mol. The van der Waals surface area contributed by atoms with Gasteiger partial charge in [-0.15, -0.1) is 0 Å². The Labute approximate surface area is 110 Å². The van der Waals surface area contributed by atoms with Crippen LogP contribution in [0.2, 0.25) is 0 Å². The molecule has 0 N–H and O–H groups in total. The molecule has 17 heavy (non-hydrogen) atoms. The number of hydrogen-bond donors (Lipinski definition) is 0. The molecule has 0 unspecified atom stereocenters. The highest BCUT2D eigenvalue weighted by molar-refractivity contribution is 14.1. The van der Waals surface area contributed by atoms with E-state index in [1.165, 1.54) is 18.5 Å². The Morgan fingerprint density at radius 1 is 1.35 bits per heavy atom. The first kappa shape index (κ1) is 11.7. The van der Waals surface area contributed by atoms with Crippen molar-refractivity contribution in [2.75, 3.05) is 0 Å². The maximum absolute atomic E-state index is 10.8. The van der Waals surface area contributed by atoms with Crippen molar-refractivity contribution >= 4 is 28.3 Å². The average molecular weight is 343 g/mol. The Kier molecular flexibility index (Phi) is 3.47. The smallest absolute Gasteiger partial charge is 0.311 e. The summed E-state index contributed by atoms with van der Waals surface area (Å²) in [5.41, 5.74) is -0.0955. The molecule has 1 aromatic heterocycles. The van der Waals surface area contributed by atoms with Gasteiger partial charge in [0.15, 0.2) is 0 Å². The Morgan fingerprint density at radius 3 is 2.82 bits per heavy atom. The molecule has 0 aliphatic carbocycles. The molecule has 0 fully saturated rings. The zero-order chi connectivity index (χ0) is 12.3. The largest absolute Gasteiger partial charge is 0.431 e. The molecule has 2 aromatic rings. The van der Waals surface area contributed by atoms with Crippen LogP contribution in [0.1, 0.15) is 0 Å². The van der Waals surface area contributed by atoms with Crippen molar-refractivity contribution < 1.29 is 9.66 Å². The number of rotatable bonds is 3. The molecule has 1 aromatic carbocycles. The molecule has 0 atom stereocenters. The number of para-hydroxylation sites is 2. The molecule has 0 aliphatic rings. The van der Waals surface area contributed by atoms with Gasteiger partial charge in [-0.2, -0.15) is 0 Å². The SMILES string of the molecule is O=[N+]([O-])c1ccccc1Oc1ncncc1I. The average Bonchev–Trinajstić information content (AvgIpc) is 2.32. The first-order valence-corrected chi connectivity index (χ1v) is 5.63. The van der Waals surface area contributed by atoms with E-state index in [4.69, 9.17) is 4.74 Å². The van der Waals surface area contributed by atoms with Crippen molar-refractivity contribution in [1.82, 2.24) is 9.97 Å². The van der Waals surface area contributed by atoms with Crippen molar-refractivity contribution in [3.8, 4) is 11.6 Å². The van der Waals surface area contributed by atoms with Crippen molar-refractivity contribution in [3.05, 3.63) is 50.5 Å². The first-order chi connectivity index (χ1) is 8.18. The normalized spacial score (nSPS) is 9.94. The number of benzene rings is 1. The number of nitrogens with zero attached hydrogens (tertiary/aromatic N) is 3. The summed E-state index contributed by atoms with van der Waals surface area (Å²) in [6.07, 6.45) is 2.89. The molecule has 7 heteroatoms. The molecule has 0 saturated heterocycles. The molecule has 0 amide bonds. The summed E-state index contributed by atoms with van der Waals surface area (Å²) in [7, 11) is 0. The summed E-state index contributed by atoms with van der Waals surface area (Å²) in [6, 6.07) is 6.14. The summed E-state index contributed by atoms with van der Waals surface area (Å²) in [5, 5.41) is 10.8. The summed E-state index contributed by atoms with van der Waals surface area (Å²) >= 11 is 2.00. The highest BCUT2D eigenvalue weighted by Crippen LogP contribution is 2.31. The van der Waals surface area contributed by atoms with Crippen LogP contribution in [0, 0.1) is 13.7 Å². The van der Waals surface area contributed by atoms with E-state index in [0.717, 1.165) is 0 Å². The number of hydrogen-bond acceptors (Lipinski definition) is 5. The van der Waals surface area contributed by atoms with E-state index in [9.17, 15) is 10.1 Å². The third-order valence-electron chi connectivity index (χ3n) is 1.90. The summed E-state index contributed by atoms with van der Waals surface area (Å²) < 4.78 is 6.08. The van der Waals surface area contributed by atoms with Crippen molar-refractivity contribution in [1.29, 1.82) is 0 Å². The molecular formula is C10H6IN3O3. The summed E-state index contributed by atoms with van der Waals surface area (Å²) in [6.45, 7) is 0. The van der Waals surface area contributed by atoms with E-state index in [-0.39, 0.29) is 11.4 Å². The number of halogens is 1. The quantitative estimate of drug-likeness (QED) is 0.487. The Balaban J connectivity index is 2.37. The van der Waals surface area contributed by atoms with Gasteiger partial charge in [0.2, 0.25) is 11.6 Å². The van der Waals surface area contributed by atoms with E-state index in [2.05, 4.69) is 9.97 Å². The molecule has 86 valence electrons.